The lowest BCUT2D eigenvalue weighted by Gasteiger charge is -2.17. The van der Waals surface area contributed by atoms with Crippen molar-refractivity contribution in [3.63, 3.8) is 0 Å². The summed E-state index contributed by atoms with van der Waals surface area (Å²) in [5.74, 6) is 0. The van der Waals surface area contributed by atoms with Gasteiger partial charge in [-0.2, -0.15) is 0 Å². The van der Waals surface area contributed by atoms with Crippen LogP contribution in [0.25, 0.3) is 0 Å². The summed E-state index contributed by atoms with van der Waals surface area (Å²) in [6.07, 6.45) is 8.00. The van der Waals surface area contributed by atoms with Gasteiger partial charge in [-0.05, 0) is 12.1 Å². The maximum atomic E-state index is 8.49. The van der Waals surface area contributed by atoms with E-state index in [4.69, 9.17) is 18.6 Å². The van der Waals surface area contributed by atoms with E-state index in [1.165, 1.54) is 0 Å². The van der Waals surface area contributed by atoms with Crippen LogP contribution in [0.5, 0.6) is 0 Å². The summed E-state index contributed by atoms with van der Waals surface area (Å²) in [6, 6.07) is 10.0. The molecule has 0 atom stereocenters. The summed E-state index contributed by atoms with van der Waals surface area (Å²) in [5, 5.41) is 0. The second kappa shape index (κ2) is 5.59. The molecule has 0 radical (unpaired) electrons. The fraction of sp³-hybridized carbons (Fsp3) is 0. The van der Waals surface area contributed by atoms with E-state index in [1.54, 1.807) is 0 Å². The Morgan fingerprint density at radius 3 is 1.62 bits per heavy atom. The zero-order chi connectivity index (χ0) is 12.0. The Bertz CT molecular complexity index is 393. The highest BCUT2D eigenvalue weighted by Gasteiger charge is 1.96. The minimum atomic E-state index is -4.94. The minimum Gasteiger partial charge on any atom is -0.222 e. The van der Waals surface area contributed by atoms with Crippen molar-refractivity contribution in [1.82, 2.24) is 4.68 Å². The van der Waals surface area contributed by atoms with Gasteiger partial charge < -0.3 is 0 Å². The summed E-state index contributed by atoms with van der Waals surface area (Å²) in [5.41, 5.74) is 0. The van der Waals surface area contributed by atoms with Crippen LogP contribution in [0.4, 0.5) is 0 Å². The number of hydrogen-bond donors (Lipinski definition) is 0. The molecule has 0 fully saturated rings. The summed E-state index contributed by atoms with van der Waals surface area (Å²) in [6.45, 7) is 0. The fourth-order valence-corrected chi connectivity index (χ4v) is 1.02. The number of nitrogens with zero attached hydrogens (tertiary/aromatic N) is 2. The third-order valence-electron chi connectivity index (χ3n) is 1.56. The van der Waals surface area contributed by atoms with E-state index >= 15 is 0 Å². The molecule has 2 aromatic heterocycles. The smallest absolute Gasteiger partial charge is 0.200 e. The summed E-state index contributed by atoms with van der Waals surface area (Å²) >= 11 is 0. The second-order valence-corrected chi connectivity index (χ2v) is 3.45. The summed E-state index contributed by atoms with van der Waals surface area (Å²) in [4.78, 5) is 0. The minimum absolute atomic E-state index is 2.00. The zero-order valence-corrected chi connectivity index (χ0v) is 8.86. The van der Waals surface area contributed by atoms with Gasteiger partial charge in [0.25, 0.3) is 0 Å². The van der Waals surface area contributed by atoms with Crippen molar-refractivity contribution < 1.29 is 33.6 Å². The topological polar surface area (TPSA) is 101 Å². The molecule has 0 bridgehead atoms. The van der Waals surface area contributed by atoms with Crippen LogP contribution in [0.2, 0.25) is 0 Å². The van der Waals surface area contributed by atoms with Gasteiger partial charge in [0.1, 0.15) is 0 Å². The number of aromatic nitrogens is 2. The Balaban J connectivity index is 0.000000221. The van der Waals surface area contributed by atoms with Gasteiger partial charge in [0, 0.05) is 12.1 Å². The van der Waals surface area contributed by atoms with E-state index in [2.05, 4.69) is 0 Å². The van der Waals surface area contributed by atoms with E-state index in [0.717, 1.165) is 0 Å². The fourth-order valence-electron chi connectivity index (χ4n) is 1.02. The molecule has 0 N–H and O–H groups in total. The molecule has 0 saturated carbocycles. The molecule has 0 aliphatic heterocycles. The number of hydrogen-bond acceptors (Lipinski definition) is 4. The van der Waals surface area contributed by atoms with Crippen LogP contribution >= 0.6 is 0 Å². The van der Waals surface area contributed by atoms with Gasteiger partial charge in [0.05, 0.1) is 12.4 Å². The van der Waals surface area contributed by atoms with E-state index in [-0.39, 0.29) is 0 Å². The van der Waals surface area contributed by atoms with Crippen molar-refractivity contribution in [2.45, 2.75) is 0 Å². The Morgan fingerprint density at radius 2 is 1.19 bits per heavy atom. The van der Waals surface area contributed by atoms with Crippen molar-refractivity contribution in [3.8, 4) is 0 Å². The lowest BCUT2D eigenvalue weighted by molar-refractivity contribution is -2.00. The monoisotopic (exact) mass is 244 g/mol. The predicted molar refractivity (Wildman–Crippen MR) is 41.9 cm³/mol. The Kier molecular flexibility index (Phi) is 4.41. The van der Waals surface area contributed by atoms with Crippen LogP contribution in [0.15, 0.2) is 55.1 Å². The van der Waals surface area contributed by atoms with Crippen LogP contribution in [0, 0.1) is 10.2 Å². The van der Waals surface area contributed by atoms with Crippen LogP contribution in [-0.4, -0.2) is 4.68 Å². The van der Waals surface area contributed by atoms with Crippen LogP contribution < -0.4 is 23.3 Å². The van der Waals surface area contributed by atoms with E-state index in [0.29, 0.717) is 0 Å². The van der Waals surface area contributed by atoms with Gasteiger partial charge >= 0.3 is 0 Å². The molecule has 0 saturated heterocycles. The molecule has 6 nitrogen and oxygen atoms in total. The van der Waals surface area contributed by atoms with Gasteiger partial charge in [-0.1, -0.05) is 10.7 Å². The molecule has 16 heavy (non-hydrogen) atoms. The average molecular weight is 245 g/mol. The predicted octanol–water partition coefficient (Wildman–Crippen LogP) is -3.67. The highest BCUT2D eigenvalue weighted by molar-refractivity contribution is 4.89. The van der Waals surface area contributed by atoms with E-state index in [1.807, 2.05) is 64.5 Å². The lowest BCUT2D eigenvalue weighted by atomic mass is 10.5. The Labute approximate surface area is 94.0 Å². The Morgan fingerprint density at radius 1 is 0.750 bits per heavy atom. The van der Waals surface area contributed by atoms with Crippen molar-refractivity contribution in [2.75, 3.05) is 0 Å². The third-order valence-corrected chi connectivity index (χ3v) is 1.56. The molecule has 2 aromatic rings. The normalized spacial score (nSPS) is 10.5. The molecule has 0 spiro atoms. The summed E-state index contributed by atoms with van der Waals surface area (Å²) < 4.78 is 38.0. The molecule has 0 unspecified atom stereocenters. The van der Waals surface area contributed by atoms with Gasteiger partial charge in [-0.3, -0.25) is 0 Å². The number of rotatable bonds is 1. The quantitative estimate of drug-likeness (QED) is 0.483. The average Bonchev–Trinajstić information content (AvgIpc) is 2.69. The van der Waals surface area contributed by atoms with Gasteiger partial charge in [-0.25, -0.2) is 18.6 Å². The first-order valence-corrected chi connectivity index (χ1v) is 5.42. The molecular weight excluding hydrogens is 236 g/mol. The third kappa shape index (κ3) is 5.44. The molecular formula is C9H9ClN2O4. The Hall–Kier alpha value is -1.44. The van der Waals surface area contributed by atoms with E-state index < -0.39 is 10.2 Å². The SMILES string of the molecule is [O-][Cl+3]([O-])([O-])[O-].c1cc[n+](-n2cccc2)cc1. The van der Waals surface area contributed by atoms with Gasteiger partial charge in [-0.15, -0.1) is 14.9 Å². The second-order valence-electron chi connectivity index (χ2n) is 2.70. The lowest BCUT2D eigenvalue weighted by Crippen LogP contribution is -2.68. The molecule has 0 aliphatic rings. The van der Waals surface area contributed by atoms with Crippen molar-refractivity contribution in [3.05, 3.63) is 55.1 Å². The highest BCUT2D eigenvalue weighted by atomic mass is 35.7. The first-order valence-electron chi connectivity index (χ1n) is 4.18. The molecule has 0 amide bonds. The number of pyridine rings is 1. The molecule has 86 valence electrons. The standard InChI is InChI=1S/C9H9N2.ClHO4/c1-2-6-10(7-3-1)11-8-4-5-9-11;2-1(3,4)5/h1-9H;(H,2,3,4,5)/q+1;/p-1. The largest absolute Gasteiger partial charge is 0.222 e. The number of halogens is 1. The molecule has 0 aromatic carbocycles. The summed E-state index contributed by atoms with van der Waals surface area (Å²) in [7, 11) is -4.94. The highest BCUT2D eigenvalue weighted by Crippen LogP contribution is 1.84. The molecule has 0 aliphatic carbocycles. The van der Waals surface area contributed by atoms with Crippen molar-refractivity contribution in [2.24, 2.45) is 0 Å². The first-order chi connectivity index (χ1) is 7.47. The van der Waals surface area contributed by atoms with Crippen LogP contribution in [0.3, 0.4) is 0 Å². The maximum Gasteiger partial charge on any atom is 0.200 e. The maximum absolute atomic E-state index is 8.49. The zero-order valence-electron chi connectivity index (χ0n) is 8.10. The molecule has 7 heteroatoms. The van der Waals surface area contributed by atoms with Gasteiger partial charge in [0.2, 0.25) is 0 Å². The van der Waals surface area contributed by atoms with Crippen molar-refractivity contribution >= 4 is 0 Å². The molecule has 2 heterocycles. The van der Waals surface area contributed by atoms with Crippen LogP contribution in [-0.2, 0) is 0 Å². The molecule has 2 rings (SSSR count). The van der Waals surface area contributed by atoms with Crippen LogP contribution in [0.1, 0.15) is 0 Å². The van der Waals surface area contributed by atoms with Gasteiger partial charge in [0.15, 0.2) is 12.4 Å². The van der Waals surface area contributed by atoms with Crippen molar-refractivity contribution in [1.29, 1.82) is 0 Å². The first kappa shape index (κ1) is 12.6. The van der Waals surface area contributed by atoms with E-state index in [9.17, 15) is 0 Å².